The second-order valence-corrected chi connectivity index (χ2v) is 7.72. The molecule has 1 fully saturated rings. The van der Waals surface area contributed by atoms with E-state index in [4.69, 9.17) is 16.6 Å². The molecule has 0 atom stereocenters. The number of carbonyl (C=O) groups is 1. The van der Waals surface area contributed by atoms with Gasteiger partial charge in [0, 0.05) is 47.5 Å². The molecule has 1 saturated heterocycles. The number of halogens is 1. The Balaban J connectivity index is 1.42. The van der Waals surface area contributed by atoms with Crippen molar-refractivity contribution in [3.05, 3.63) is 83.4 Å². The van der Waals surface area contributed by atoms with Crippen LogP contribution in [0.15, 0.2) is 72.8 Å². The predicted molar refractivity (Wildman–Crippen MR) is 119 cm³/mol. The van der Waals surface area contributed by atoms with Crippen LogP contribution in [0.5, 0.6) is 0 Å². The number of para-hydroxylation sites is 1. The van der Waals surface area contributed by atoms with E-state index in [-0.39, 0.29) is 5.91 Å². The number of hydrogen-bond donors (Lipinski definition) is 0. The minimum Gasteiger partial charge on any atom is -0.353 e. The van der Waals surface area contributed by atoms with Gasteiger partial charge in [-0.2, -0.15) is 0 Å². The molecule has 4 nitrogen and oxygen atoms in total. The van der Waals surface area contributed by atoms with E-state index in [2.05, 4.69) is 47.4 Å². The van der Waals surface area contributed by atoms with Crippen molar-refractivity contribution in [1.29, 1.82) is 0 Å². The Morgan fingerprint density at radius 1 is 0.759 bits per heavy atom. The van der Waals surface area contributed by atoms with E-state index in [0.29, 0.717) is 23.7 Å². The summed E-state index contributed by atoms with van der Waals surface area (Å²) in [6.07, 6.45) is 0. The molecule has 0 N–H and O–H groups in total. The van der Waals surface area contributed by atoms with Crippen LogP contribution in [-0.4, -0.2) is 42.0 Å². The van der Waals surface area contributed by atoms with Crippen LogP contribution in [0.25, 0.3) is 21.7 Å². The number of pyridine rings is 1. The summed E-state index contributed by atoms with van der Waals surface area (Å²) in [5.74, 6) is 1.05. The maximum Gasteiger partial charge on any atom is 0.253 e. The molecular formula is C24H20ClN3O. The first-order valence-electron chi connectivity index (χ1n) is 9.78. The lowest BCUT2D eigenvalue weighted by molar-refractivity contribution is 0.0746. The first kappa shape index (κ1) is 18.0. The molecule has 3 aromatic carbocycles. The van der Waals surface area contributed by atoms with Crippen LogP contribution < -0.4 is 4.90 Å². The lowest BCUT2D eigenvalue weighted by Crippen LogP contribution is -2.49. The van der Waals surface area contributed by atoms with Crippen LogP contribution >= 0.6 is 11.6 Å². The van der Waals surface area contributed by atoms with Crippen LogP contribution in [0, 0.1) is 0 Å². The summed E-state index contributed by atoms with van der Waals surface area (Å²) in [4.78, 5) is 22.0. The summed E-state index contributed by atoms with van der Waals surface area (Å²) < 4.78 is 0. The molecule has 2 heterocycles. The van der Waals surface area contributed by atoms with Gasteiger partial charge in [-0.1, -0.05) is 54.1 Å². The number of nitrogens with zero attached hydrogens (tertiary/aromatic N) is 3. The predicted octanol–water partition coefficient (Wildman–Crippen LogP) is 5.00. The molecule has 5 rings (SSSR count). The Labute approximate surface area is 174 Å². The van der Waals surface area contributed by atoms with Gasteiger partial charge in [-0.3, -0.25) is 4.79 Å². The second-order valence-electron chi connectivity index (χ2n) is 7.28. The van der Waals surface area contributed by atoms with Crippen molar-refractivity contribution in [1.82, 2.24) is 9.88 Å². The number of benzene rings is 3. The van der Waals surface area contributed by atoms with Gasteiger partial charge in [-0.15, -0.1) is 0 Å². The highest BCUT2D eigenvalue weighted by Crippen LogP contribution is 2.31. The highest BCUT2D eigenvalue weighted by Gasteiger charge is 2.24. The average Bonchev–Trinajstić information content (AvgIpc) is 2.79. The highest BCUT2D eigenvalue weighted by molar-refractivity contribution is 6.30. The lowest BCUT2D eigenvalue weighted by Gasteiger charge is -2.36. The summed E-state index contributed by atoms with van der Waals surface area (Å²) in [7, 11) is 0. The fourth-order valence-corrected chi connectivity index (χ4v) is 4.15. The Morgan fingerprint density at radius 2 is 1.38 bits per heavy atom. The molecule has 144 valence electrons. The average molecular weight is 402 g/mol. The van der Waals surface area contributed by atoms with Crippen molar-refractivity contribution in [3.63, 3.8) is 0 Å². The van der Waals surface area contributed by atoms with E-state index >= 15 is 0 Å². The molecule has 5 heteroatoms. The monoisotopic (exact) mass is 401 g/mol. The summed E-state index contributed by atoms with van der Waals surface area (Å²) in [5, 5.41) is 4.18. The largest absolute Gasteiger partial charge is 0.353 e. The quantitative estimate of drug-likeness (QED) is 0.443. The third-order valence-electron chi connectivity index (χ3n) is 5.55. The van der Waals surface area contributed by atoms with Crippen LogP contribution in [0.2, 0.25) is 5.02 Å². The SMILES string of the molecule is O=C(c1ccc(Cl)cc1)N1CCN(c2nc3ccccc3c3ccccc23)CC1. The molecule has 4 aromatic rings. The smallest absolute Gasteiger partial charge is 0.253 e. The first-order valence-corrected chi connectivity index (χ1v) is 10.2. The van der Waals surface area contributed by atoms with Crippen LogP contribution in [0.3, 0.4) is 0 Å². The topological polar surface area (TPSA) is 36.4 Å². The molecule has 1 aromatic heterocycles. The number of piperazine rings is 1. The van der Waals surface area contributed by atoms with Crippen molar-refractivity contribution in [2.24, 2.45) is 0 Å². The van der Waals surface area contributed by atoms with Crippen LogP contribution in [-0.2, 0) is 0 Å². The Morgan fingerprint density at radius 3 is 2.10 bits per heavy atom. The van der Waals surface area contributed by atoms with Crippen molar-refractivity contribution in [2.75, 3.05) is 31.1 Å². The van der Waals surface area contributed by atoms with E-state index in [9.17, 15) is 4.79 Å². The van der Waals surface area contributed by atoms with Gasteiger partial charge in [0.2, 0.25) is 0 Å². The maximum atomic E-state index is 12.8. The minimum atomic E-state index is 0.0534. The molecule has 0 unspecified atom stereocenters. The van der Waals surface area contributed by atoms with E-state index in [1.807, 2.05) is 11.0 Å². The molecule has 1 aliphatic rings. The van der Waals surface area contributed by atoms with Crippen molar-refractivity contribution >= 4 is 45.0 Å². The normalized spacial score (nSPS) is 14.5. The van der Waals surface area contributed by atoms with Crippen LogP contribution in [0.4, 0.5) is 5.82 Å². The third-order valence-corrected chi connectivity index (χ3v) is 5.80. The number of amides is 1. The fraction of sp³-hybridized carbons (Fsp3) is 0.167. The van der Waals surface area contributed by atoms with E-state index in [1.54, 1.807) is 24.3 Å². The van der Waals surface area contributed by atoms with Gasteiger partial charge in [0.05, 0.1) is 5.52 Å². The molecular weight excluding hydrogens is 382 g/mol. The van der Waals surface area contributed by atoms with Gasteiger partial charge in [-0.05, 0) is 35.7 Å². The number of aromatic nitrogens is 1. The molecule has 0 aliphatic carbocycles. The summed E-state index contributed by atoms with van der Waals surface area (Å²) in [6.45, 7) is 2.86. The van der Waals surface area contributed by atoms with E-state index < -0.39 is 0 Å². The second kappa shape index (κ2) is 7.37. The number of fused-ring (bicyclic) bond motifs is 3. The molecule has 1 aliphatic heterocycles. The molecule has 29 heavy (non-hydrogen) atoms. The van der Waals surface area contributed by atoms with Gasteiger partial charge >= 0.3 is 0 Å². The lowest BCUT2D eigenvalue weighted by atomic mass is 10.1. The molecule has 0 spiro atoms. The molecule has 1 amide bonds. The van der Waals surface area contributed by atoms with Crippen molar-refractivity contribution in [2.45, 2.75) is 0 Å². The number of rotatable bonds is 2. The van der Waals surface area contributed by atoms with Gasteiger partial charge in [-0.25, -0.2) is 4.98 Å². The molecule has 0 saturated carbocycles. The molecule has 0 bridgehead atoms. The zero-order valence-corrected chi connectivity index (χ0v) is 16.6. The molecule has 0 radical (unpaired) electrons. The summed E-state index contributed by atoms with van der Waals surface area (Å²) in [5.41, 5.74) is 1.68. The highest BCUT2D eigenvalue weighted by atomic mass is 35.5. The Kier molecular flexibility index (Phi) is 4.57. The summed E-state index contributed by atoms with van der Waals surface area (Å²) >= 11 is 5.94. The fourth-order valence-electron chi connectivity index (χ4n) is 4.02. The zero-order valence-electron chi connectivity index (χ0n) is 15.9. The third kappa shape index (κ3) is 3.30. The minimum absolute atomic E-state index is 0.0534. The summed E-state index contributed by atoms with van der Waals surface area (Å²) in [6, 6.07) is 23.8. The number of carbonyl (C=O) groups excluding carboxylic acids is 1. The number of anilines is 1. The zero-order chi connectivity index (χ0) is 19.8. The van der Waals surface area contributed by atoms with E-state index in [1.165, 1.54) is 10.8 Å². The van der Waals surface area contributed by atoms with Gasteiger partial charge in [0.25, 0.3) is 5.91 Å². The Hall–Kier alpha value is -3.11. The van der Waals surface area contributed by atoms with Gasteiger partial charge in [0.1, 0.15) is 5.82 Å². The van der Waals surface area contributed by atoms with E-state index in [0.717, 1.165) is 29.8 Å². The van der Waals surface area contributed by atoms with Gasteiger partial charge < -0.3 is 9.80 Å². The first-order chi connectivity index (χ1) is 14.2. The maximum absolute atomic E-state index is 12.8. The number of hydrogen-bond acceptors (Lipinski definition) is 3. The van der Waals surface area contributed by atoms with Crippen LogP contribution in [0.1, 0.15) is 10.4 Å². The Bertz CT molecular complexity index is 1200. The van der Waals surface area contributed by atoms with Crippen molar-refractivity contribution < 1.29 is 4.79 Å². The van der Waals surface area contributed by atoms with Crippen molar-refractivity contribution in [3.8, 4) is 0 Å². The van der Waals surface area contributed by atoms with Gasteiger partial charge in [0.15, 0.2) is 0 Å². The standard InChI is InChI=1S/C24H20ClN3O/c25-18-11-9-17(10-12-18)24(29)28-15-13-27(14-16-28)23-21-7-2-1-5-19(21)20-6-3-4-8-22(20)26-23/h1-12H,13-16H2.